The summed E-state index contributed by atoms with van der Waals surface area (Å²) in [6.45, 7) is 1.46. The van der Waals surface area contributed by atoms with Crippen molar-refractivity contribution >= 4 is 23.1 Å². The molecule has 0 fully saturated rings. The highest BCUT2D eigenvalue weighted by Crippen LogP contribution is 2.39. The van der Waals surface area contributed by atoms with Crippen molar-refractivity contribution in [3.63, 3.8) is 0 Å². The Balaban J connectivity index is 1.82. The number of amides is 1. The lowest BCUT2D eigenvalue weighted by Crippen LogP contribution is -2.07. The Morgan fingerprint density at radius 2 is 1.92 bits per heavy atom. The van der Waals surface area contributed by atoms with Gasteiger partial charge in [0.15, 0.2) is 0 Å². The molecule has 6 nitrogen and oxygen atoms in total. The van der Waals surface area contributed by atoms with Crippen LogP contribution < -0.4 is 5.32 Å². The van der Waals surface area contributed by atoms with Gasteiger partial charge in [-0.05, 0) is 12.1 Å². The topological polar surface area (TPSA) is 83.6 Å². The molecule has 4 rings (SSSR count). The molecule has 1 amide bonds. The van der Waals surface area contributed by atoms with Crippen LogP contribution in [0.4, 0.5) is 5.82 Å². The van der Waals surface area contributed by atoms with Gasteiger partial charge in [0.1, 0.15) is 16.6 Å². The molecule has 26 heavy (non-hydrogen) atoms. The SMILES string of the molecule is CC(=O)Nc1cc(-c2nc(-c3ccccc3)c(-c3ncc[nH]3)s2)ccn1. The number of hydrogen-bond donors (Lipinski definition) is 2. The quantitative estimate of drug-likeness (QED) is 0.570. The van der Waals surface area contributed by atoms with Gasteiger partial charge in [0.05, 0.1) is 10.6 Å². The maximum Gasteiger partial charge on any atom is 0.222 e. The molecular weight excluding hydrogens is 346 g/mol. The number of carbonyl (C=O) groups excluding carboxylic acids is 1. The lowest BCUT2D eigenvalue weighted by molar-refractivity contribution is -0.114. The van der Waals surface area contributed by atoms with Gasteiger partial charge in [0, 0.05) is 36.6 Å². The standard InChI is InChI=1S/C19H15N5OS/c1-12(25)23-15-11-14(7-8-20-15)19-24-16(13-5-3-2-4-6-13)17(26-19)18-21-9-10-22-18/h2-11H,1H3,(H,21,22)(H,20,23,25). The average molecular weight is 361 g/mol. The third-order valence-electron chi connectivity index (χ3n) is 3.70. The number of rotatable bonds is 4. The van der Waals surface area contributed by atoms with Gasteiger partial charge < -0.3 is 10.3 Å². The van der Waals surface area contributed by atoms with E-state index in [1.165, 1.54) is 6.92 Å². The molecule has 1 aromatic carbocycles. The number of anilines is 1. The van der Waals surface area contributed by atoms with Crippen molar-refractivity contribution in [3.8, 4) is 32.5 Å². The highest BCUT2D eigenvalue weighted by atomic mass is 32.1. The van der Waals surface area contributed by atoms with Crippen LogP contribution >= 0.6 is 11.3 Å². The Hall–Kier alpha value is -3.32. The summed E-state index contributed by atoms with van der Waals surface area (Å²) in [6, 6.07) is 13.7. The highest BCUT2D eigenvalue weighted by molar-refractivity contribution is 7.18. The van der Waals surface area contributed by atoms with Crippen LogP contribution in [0.3, 0.4) is 0 Å². The third-order valence-corrected chi connectivity index (χ3v) is 4.81. The molecule has 0 atom stereocenters. The summed E-state index contributed by atoms with van der Waals surface area (Å²) in [6.07, 6.45) is 5.19. The van der Waals surface area contributed by atoms with E-state index in [1.807, 2.05) is 42.5 Å². The van der Waals surface area contributed by atoms with E-state index >= 15 is 0 Å². The molecular formula is C19H15N5OS. The summed E-state index contributed by atoms with van der Waals surface area (Å²) in [4.78, 5) is 28.8. The fraction of sp³-hybridized carbons (Fsp3) is 0.0526. The minimum absolute atomic E-state index is 0.157. The lowest BCUT2D eigenvalue weighted by Gasteiger charge is -2.02. The number of nitrogens with zero attached hydrogens (tertiary/aromatic N) is 3. The number of imidazole rings is 1. The van der Waals surface area contributed by atoms with Gasteiger partial charge in [0.2, 0.25) is 5.91 Å². The molecule has 0 aliphatic carbocycles. The molecule has 0 aliphatic rings. The number of benzene rings is 1. The van der Waals surface area contributed by atoms with Crippen molar-refractivity contribution in [1.29, 1.82) is 0 Å². The summed E-state index contributed by atoms with van der Waals surface area (Å²) in [7, 11) is 0. The first kappa shape index (κ1) is 16.2. The number of nitrogens with one attached hydrogen (secondary N) is 2. The van der Waals surface area contributed by atoms with Crippen molar-refractivity contribution < 1.29 is 4.79 Å². The summed E-state index contributed by atoms with van der Waals surface area (Å²) in [5, 5.41) is 3.54. The molecule has 0 aliphatic heterocycles. The number of H-pyrrole nitrogens is 1. The predicted octanol–water partition coefficient (Wildman–Crippen LogP) is 4.22. The van der Waals surface area contributed by atoms with E-state index in [4.69, 9.17) is 4.98 Å². The molecule has 0 spiro atoms. The minimum Gasteiger partial charge on any atom is -0.344 e. The average Bonchev–Trinajstić information content (AvgIpc) is 3.32. The molecule has 7 heteroatoms. The summed E-state index contributed by atoms with van der Waals surface area (Å²) < 4.78 is 0. The number of aromatic nitrogens is 4. The minimum atomic E-state index is -0.157. The van der Waals surface area contributed by atoms with Crippen LogP contribution in [0.25, 0.3) is 32.5 Å². The van der Waals surface area contributed by atoms with Gasteiger partial charge >= 0.3 is 0 Å². The number of carbonyl (C=O) groups is 1. The molecule has 0 radical (unpaired) electrons. The van der Waals surface area contributed by atoms with E-state index in [1.54, 1.807) is 29.9 Å². The summed E-state index contributed by atoms with van der Waals surface area (Å²) in [5.74, 6) is 1.13. The highest BCUT2D eigenvalue weighted by Gasteiger charge is 2.17. The van der Waals surface area contributed by atoms with Gasteiger partial charge in [0.25, 0.3) is 0 Å². The number of thiazole rings is 1. The zero-order valence-corrected chi connectivity index (χ0v) is 14.7. The van der Waals surface area contributed by atoms with Crippen molar-refractivity contribution in [1.82, 2.24) is 19.9 Å². The van der Waals surface area contributed by atoms with Gasteiger partial charge in [-0.2, -0.15) is 0 Å². The Labute approximate surface area is 154 Å². The summed E-state index contributed by atoms with van der Waals surface area (Å²) in [5.41, 5.74) is 2.79. The summed E-state index contributed by atoms with van der Waals surface area (Å²) >= 11 is 1.55. The van der Waals surface area contributed by atoms with Crippen LogP contribution in [0.15, 0.2) is 61.1 Å². The van der Waals surface area contributed by atoms with E-state index in [0.717, 1.165) is 32.5 Å². The van der Waals surface area contributed by atoms with E-state index < -0.39 is 0 Å². The second-order valence-electron chi connectivity index (χ2n) is 5.61. The van der Waals surface area contributed by atoms with Crippen molar-refractivity contribution in [2.24, 2.45) is 0 Å². The Bertz CT molecular complexity index is 1040. The normalized spacial score (nSPS) is 10.7. The Morgan fingerprint density at radius 1 is 1.08 bits per heavy atom. The zero-order valence-electron chi connectivity index (χ0n) is 13.9. The fourth-order valence-electron chi connectivity index (χ4n) is 2.60. The fourth-order valence-corrected chi connectivity index (χ4v) is 3.64. The number of pyridine rings is 1. The van der Waals surface area contributed by atoms with E-state index in [-0.39, 0.29) is 5.91 Å². The van der Waals surface area contributed by atoms with Gasteiger partial charge in [-0.25, -0.2) is 15.0 Å². The van der Waals surface area contributed by atoms with Gasteiger partial charge in [-0.1, -0.05) is 30.3 Å². The molecule has 3 heterocycles. The predicted molar refractivity (Wildman–Crippen MR) is 103 cm³/mol. The molecule has 3 aromatic heterocycles. The monoisotopic (exact) mass is 361 g/mol. The third kappa shape index (κ3) is 3.25. The van der Waals surface area contributed by atoms with E-state index in [0.29, 0.717) is 5.82 Å². The van der Waals surface area contributed by atoms with Gasteiger partial charge in [-0.3, -0.25) is 4.79 Å². The first-order chi connectivity index (χ1) is 12.7. The lowest BCUT2D eigenvalue weighted by atomic mass is 10.1. The molecule has 0 bridgehead atoms. The number of aromatic amines is 1. The maximum absolute atomic E-state index is 11.3. The largest absolute Gasteiger partial charge is 0.344 e. The first-order valence-corrected chi connectivity index (χ1v) is 8.82. The van der Waals surface area contributed by atoms with Crippen LogP contribution in [0, 0.1) is 0 Å². The molecule has 0 unspecified atom stereocenters. The second-order valence-corrected chi connectivity index (χ2v) is 6.61. The molecule has 0 saturated heterocycles. The molecule has 128 valence electrons. The van der Waals surface area contributed by atoms with Crippen LogP contribution in [-0.2, 0) is 4.79 Å². The first-order valence-electron chi connectivity index (χ1n) is 8.01. The zero-order chi connectivity index (χ0) is 17.9. The van der Waals surface area contributed by atoms with Gasteiger partial charge in [-0.15, -0.1) is 11.3 Å². The second kappa shape index (κ2) is 6.89. The maximum atomic E-state index is 11.3. The van der Waals surface area contributed by atoms with Crippen molar-refractivity contribution in [2.75, 3.05) is 5.32 Å². The molecule has 2 N–H and O–H groups in total. The Kier molecular flexibility index (Phi) is 4.28. The van der Waals surface area contributed by atoms with E-state index in [9.17, 15) is 4.79 Å². The van der Waals surface area contributed by atoms with Crippen molar-refractivity contribution in [2.45, 2.75) is 6.92 Å². The van der Waals surface area contributed by atoms with Crippen LogP contribution in [-0.4, -0.2) is 25.8 Å². The van der Waals surface area contributed by atoms with E-state index in [2.05, 4.69) is 20.3 Å². The smallest absolute Gasteiger partial charge is 0.222 e. The number of hydrogen-bond acceptors (Lipinski definition) is 5. The van der Waals surface area contributed by atoms with Crippen LogP contribution in [0.5, 0.6) is 0 Å². The molecule has 4 aromatic rings. The van der Waals surface area contributed by atoms with Crippen LogP contribution in [0.1, 0.15) is 6.92 Å². The molecule has 0 saturated carbocycles. The Morgan fingerprint density at radius 3 is 2.65 bits per heavy atom. The van der Waals surface area contributed by atoms with Crippen LogP contribution in [0.2, 0.25) is 0 Å². The van der Waals surface area contributed by atoms with Crippen molar-refractivity contribution in [3.05, 3.63) is 61.1 Å².